The van der Waals surface area contributed by atoms with Crippen molar-refractivity contribution in [1.82, 2.24) is 4.98 Å². The number of anilines is 1. The van der Waals surface area contributed by atoms with Gasteiger partial charge in [-0.1, -0.05) is 23.5 Å². The molecule has 0 aliphatic rings. The van der Waals surface area contributed by atoms with E-state index in [0.717, 1.165) is 27.0 Å². The average molecular weight is 220 g/mol. The zero-order valence-corrected chi connectivity index (χ0v) is 9.47. The quantitative estimate of drug-likeness (QED) is 0.791. The molecule has 1 aromatic carbocycles. The summed E-state index contributed by atoms with van der Waals surface area (Å²) in [5.74, 6) is 0. The summed E-state index contributed by atoms with van der Waals surface area (Å²) in [6.07, 6.45) is 0. The molecule has 4 heteroatoms. The molecule has 15 heavy (non-hydrogen) atoms. The number of nitrogen functional groups attached to an aromatic ring is 1. The van der Waals surface area contributed by atoms with Gasteiger partial charge in [0.25, 0.3) is 0 Å². The van der Waals surface area contributed by atoms with E-state index in [1.54, 1.807) is 18.4 Å². The molecule has 3 nitrogen and oxygen atoms in total. The van der Waals surface area contributed by atoms with Crippen molar-refractivity contribution in [3.63, 3.8) is 0 Å². The van der Waals surface area contributed by atoms with Crippen molar-refractivity contribution in [2.45, 2.75) is 6.92 Å². The van der Waals surface area contributed by atoms with Gasteiger partial charge in [-0.3, -0.25) is 0 Å². The molecule has 0 aliphatic heterocycles. The SMILES string of the molecule is COc1sc(C)nc1-c1cccc(N)c1. The predicted molar refractivity (Wildman–Crippen MR) is 63.3 cm³/mol. The van der Waals surface area contributed by atoms with Crippen LogP contribution in [0.2, 0.25) is 0 Å². The molecule has 0 fully saturated rings. The summed E-state index contributed by atoms with van der Waals surface area (Å²) < 4.78 is 5.28. The molecule has 2 aromatic rings. The van der Waals surface area contributed by atoms with Gasteiger partial charge in [0.15, 0.2) is 0 Å². The molecular formula is C11H12N2OS. The molecule has 0 saturated heterocycles. The lowest BCUT2D eigenvalue weighted by molar-refractivity contribution is 0.428. The van der Waals surface area contributed by atoms with Crippen LogP contribution in [0.5, 0.6) is 5.06 Å². The van der Waals surface area contributed by atoms with Crippen LogP contribution >= 0.6 is 11.3 Å². The largest absolute Gasteiger partial charge is 0.486 e. The third-order valence-electron chi connectivity index (χ3n) is 2.05. The van der Waals surface area contributed by atoms with Crippen LogP contribution in [0, 0.1) is 6.92 Å². The molecule has 2 rings (SSSR count). The number of rotatable bonds is 2. The van der Waals surface area contributed by atoms with E-state index in [-0.39, 0.29) is 0 Å². The number of thiazole rings is 1. The van der Waals surface area contributed by atoms with E-state index < -0.39 is 0 Å². The Hall–Kier alpha value is -1.55. The minimum atomic E-state index is 0.736. The van der Waals surface area contributed by atoms with E-state index in [9.17, 15) is 0 Å². The number of aromatic nitrogens is 1. The third-order valence-corrected chi connectivity index (χ3v) is 2.98. The van der Waals surface area contributed by atoms with Crippen LogP contribution in [0.25, 0.3) is 11.3 Å². The number of benzene rings is 1. The molecule has 1 heterocycles. The first-order valence-corrected chi connectivity index (χ1v) is 5.39. The number of nitrogens with two attached hydrogens (primary N) is 1. The Morgan fingerprint density at radius 2 is 2.20 bits per heavy atom. The molecular weight excluding hydrogens is 208 g/mol. The third kappa shape index (κ3) is 1.94. The molecule has 0 saturated carbocycles. The monoisotopic (exact) mass is 220 g/mol. The second-order valence-electron chi connectivity index (χ2n) is 3.20. The summed E-state index contributed by atoms with van der Waals surface area (Å²) in [7, 11) is 1.66. The van der Waals surface area contributed by atoms with Crippen molar-refractivity contribution in [1.29, 1.82) is 0 Å². The van der Waals surface area contributed by atoms with Crippen molar-refractivity contribution in [3.05, 3.63) is 29.3 Å². The number of methoxy groups -OCH3 is 1. The molecule has 1 aromatic heterocycles. The van der Waals surface area contributed by atoms with Gasteiger partial charge in [-0.05, 0) is 19.1 Å². The van der Waals surface area contributed by atoms with Crippen LogP contribution in [-0.2, 0) is 0 Å². The maximum atomic E-state index is 5.73. The average Bonchev–Trinajstić information content (AvgIpc) is 2.59. The maximum Gasteiger partial charge on any atom is 0.202 e. The highest BCUT2D eigenvalue weighted by atomic mass is 32.1. The summed E-state index contributed by atoms with van der Waals surface area (Å²) in [5, 5.41) is 1.82. The first-order valence-electron chi connectivity index (χ1n) is 4.58. The van der Waals surface area contributed by atoms with E-state index in [0.29, 0.717) is 0 Å². The normalized spacial score (nSPS) is 10.3. The van der Waals surface area contributed by atoms with Crippen LogP contribution < -0.4 is 10.5 Å². The van der Waals surface area contributed by atoms with Crippen LogP contribution in [0.15, 0.2) is 24.3 Å². The lowest BCUT2D eigenvalue weighted by atomic mass is 10.1. The Balaban J connectivity index is 2.53. The molecule has 0 aliphatic carbocycles. The Bertz CT molecular complexity index is 479. The molecule has 0 atom stereocenters. The highest BCUT2D eigenvalue weighted by Crippen LogP contribution is 2.35. The molecule has 78 valence electrons. The van der Waals surface area contributed by atoms with Gasteiger partial charge in [-0.15, -0.1) is 0 Å². The number of hydrogen-bond donors (Lipinski definition) is 1. The summed E-state index contributed by atoms with van der Waals surface area (Å²) in [4.78, 5) is 4.43. The molecule has 0 amide bonds. The van der Waals surface area contributed by atoms with Crippen LogP contribution in [0.1, 0.15) is 5.01 Å². The first kappa shape index (κ1) is 9.98. The first-order chi connectivity index (χ1) is 7.20. The molecule has 0 bridgehead atoms. The highest BCUT2D eigenvalue weighted by Gasteiger charge is 2.11. The number of hydrogen-bond acceptors (Lipinski definition) is 4. The summed E-state index contributed by atoms with van der Waals surface area (Å²) >= 11 is 1.54. The molecule has 2 N–H and O–H groups in total. The predicted octanol–water partition coefficient (Wildman–Crippen LogP) is 2.71. The summed E-state index contributed by atoms with van der Waals surface area (Å²) in [6.45, 7) is 1.96. The van der Waals surface area contributed by atoms with Crippen LogP contribution in [-0.4, -0.2) is 12.1 Å². The van der Waals surface area contributed by atoms with Gasteiger partial charge in [0.1, 0.15) is 5.69 Å². The van der Waals surface area contributed by atoms with Crippen molar-refractivity contribution in [2.75, 3.05) is 12.8 Å². The molecule has 0 unspecified atom stereocenters. The van der Waals surface area contributed by atoms with Gasteiger partial charge >= 0.3 is 0 Å². The van der Waals surface area contributed by atoms with E-state index >= 15 is 0 Å². The highest BCUT2D eigenvalue weighted by molar-refractivity contribution is 7.13. The van der Waals surface area contributed by atoms with Crippen molar-refractivity contribution < 1.29 is 4.74 Å². The summed E-state index contributed by atoms with van der Waals surface area (Å²) in [6, 6.07) is 7.65. The smallest absolute Gasteiger partial charge is 0.202 e. The van der Waals surface area contributed by atoms with Gasteiger partial charge in [0.2, 0.25) is 5.06 Å². The molecule has 0 radical (unpaired) electrons. The maximum absolute atomic E-state index is 5.73. The second kappa shape index (κ2) is 3.90. The Morgan fingerprint density at radius 3 is 2.87 bits per heavy atom. The van der Waals surface area contributed by atoms with E-state index in [2.05, 4.69) is 4.98 Å². The van der Waals surface area contributed by atoms with E-state index in [1.165, 1.54) is 0 Å². The van der Waals surface area contributed by atoms with E-state index in [4.69, 9.17) is 10.5 Å². The molecule has 0 spiro atoms. The zero-order valence-electron chi connectivity index (χ0n) is 8.65. The Morgan fingerprint density at radius 1 is 1.40 bits per heavy atom. The second-order valence-corrected chi connectivity index (χ2v) is 4.36. The van der Waals surface area contributed by atoms with E-state index in [1.807, 2.05) is 31.2 Å². The zero-order chi connectivity index (χ0) is 10.8. The topological polar surface area (TPSA) is 48.1 Å². The van der Waals surface area contributed by atoms with Crippen LogP contribution in [0.4, 0.5) is 5.69 Å². The van der Waals surface area contributed by atoms with Gasteiger partial charge in [-0.25, -0.2) is 4.98 Å². The Labute approximate surface area is 92.5 Å². The number of ether oxygens (including phenoxy) is 1. The fourth-order valence-corrected chi connectivity index (χ4v) is 2.16. The van der Waals surface area contributed by atoms with Crippen molar-refractivity contribution >= 4 is 17.0 Å². The standard InChI is InChI=1S/C11H12N2OS/c1-7-13-10(11(14-2)15-7)8-4-3-5-9(12)6-8/h3-6H,12H2,1-2H3. The van der Waals surface area contributed by atoms with Crippen molar-refractivity contribution in [3.8, 4) is 16.3 Å². The van der Waals surface area contributed by atoms with Gasteiger partial charge in [0, 0.05) is 11.3 Å². The fourth-order valence-electron chi connectivity index (χ4n) is 1.42. The van der Waals surface area contributed by atoms with Crippen LogP contribution in [0.3, 0.4) is 0 Å². The van der Waals surface area contributed by atoms with Gasteiger partial charge in [-0.2, -0.15) is 0 Å². The minimum Gasteiger partial charge on any atom is -0.486 e. The lowest BCUT2D eigenvalue weighted by Crippen LogP contribution is -1.87. The summed E-state index contributed by atoms with van der Waals surface area (Å²) in [5.41, 5.74) is 8.33. The van der Waals surface area contributed by atoms with Gasteiger partial charge < -0.3 is 10.5 Å². The fraction of sp³-hybridized carbons (Fsp3) is 0.182. The number of aryl methyl sites for hydroxylation is 1. The van der Waals surface area contributed by atoms with Crippen molar-refractivity contribution in [2.24, 2.45) is 0 Å². The lowest BCUT2D eigenvalue weighted by Gasteiger charge is -2.01. The van der Waals surface area contributed by atoms with Gasteiger partial charge in [0.05, 0.1) is 12.1 Å². The minimum absolute atomic E-state index is 0.736. The Kier molecular flexibility index (Phi) is 2.60. The number of nitrogens with zero attached hydrogens (tertiary/aromatic N) is 1.